The van der Waals surface area contributed by atoms with Gasteiger partial charge in [-0.3, -0.25) is 19.5 Å². The van der Waals surface area contributed by atoms with Gasteiger partial charge in [0.2, 0.25) is 11.8 Å². The molecule has 1 saturated heterocycles. The third kappa shape index (κ3) is 4.99. The fourth-order valence-corrected chi connectivity index (χ4v) is 4.80. The second kappa shape index (κ2) is 10.7. The van der Waals surface area contributed by atoms with E-state index in [9.17, 15) is 9.59 Å². The Bertz CT molecular complexity index is 568. The summed E-state index contributed by atoms with van der Waals surface area (Å²) in [4.78, 5) is 31.3. The number of carbonyl (C=O) groups is 2. The van der Waals surface area contributed by atoms with Crippen LogP contribution >= 0.6 is 35.7 Å². The van der Waals surface area contributed by atoms with Crippen molar-refractivity contribution < 1.29 is 9.59 Å². The number of allylic oxidation sites excluding steroid dienone is 2. The quantitative estimate of drug-likeness (QED) is 0.125. The maximum atomic E-state index is 12.6. The highest BCUT2D eigenvalue weighted by molar-refractivity contribution is 14.0. The molecular weight excluding hydrogens is 475 g/mol. The zero-order valence-corrected chi connectivity index (χ0v) is 19.3. The molecule has 2 bridgehead atoms. The molecule has 152 valence electrons. The number of amides is 2. The second-order valence-corrected chi connectivity index (χ2v) is 8.20. The van der Waals surface area contributed by atoms with E-state index in [2.05, 4.69) is 34.0 Å². The third-order valence-electron chi connectivity index (χ3n) is 5.53. The molecule has 2 N–H and O–H groups in total. The summed E-state index contributed by atoms with van der Waals surface area (Å²) >= 11 is 1.84. The molecule has 2 amide bonds. The van der Waals surface area contributed by atoms with Crippen LogP contribution in [0.2, 0.25) is 0 Å². The molecule has 8 heteroatoms. The Morgan fingerprint density at radius 1 is 1.19 bits per heavy atom. The van der Waals surface area contributed by atoms with Crippen molar-refractivity contribution >= 4 is 53.5 Å². The van der Waals surface area contributed by atoms with Gasteiger partial charge in [-0.25, -0.2) is 0 Å². The SMILES string of the molecule is CCNC(=NCCCN1C(=O)C2C3C=CC(C3)C2C1=O)NCCCSC.I. The Morgan fingerprint density at radius 3 is 2.44 bits per heavy atom. The summed E-state index contributed by atoms with van der Waals surface area (Å²) in [7, 11) is 0. The number of carbonyl (C=O) groups excluding carboxylic acids is 2. The number of hydrogen-bond acceptors (Lipinski definition) is 4. The number of imide groups is 1. The van der Waals surface area contributed by atoms with Gasteiger partial charge < -0.3 is 10.6 Å². The zero-order valence-electron chi connectivity index (χ0n) is 16.1. The summed E-state index contributed by atoms with van der Waals surface area (Å²) in [5.41, 5.74) is 0. The zero-order chi connectivity index (χ0) is 18.5. The van der Waals surface area contributed by atoms with Crippen LogP contribution in [-0.4, -0.2) is 60.9 Å². The molecule has 1 heterocycles. The summed E-state index contributed by atoms with van der Waals surface area (Å²) in [6.07, 6.45) is 9.17. The molecule has 1 saturated carbocycles. The molecule has 2 fully saturated rings. The van der Waals surface area contributed by atoms with Crippen LogP contribution in [-0.2, 0) is 9.59 Å². The van der Waals surface area contributed by atoms with Gasteiger partial charge in [-0.15, -0.1) is 24.0 Å². The number of nitrogens with one attached hydrogen (secondary N) is 2. The largest absolute Gasteiger partial charge is 0.357 e. The van der Waals surface area contributed by atoms with Crippen molar-refractivity contribution in [1.82, 2.24) is 15.5 Å². The molecule has 0 aromatic carbocycles. The highest BCUT2D eigenvalue weighted by Gasteiger charge is 2.58. The molecule has 4 atom stereocenters. The van der Waals surface area contributed by atoms with E-state index in [4.69, 9.17) is 0 Å². The topological polar surface area (TPSA) is 73.8 Å². The van der Waals surface area contributed by atoms with Crippen molar-refractivity contribution in [2.24, 2.45) is 28.7 Å². The van der Waals surface area contributed by atoms with Crippen molar-refractivity contribution in [3.63, 3.8) is 0 Å². The van der Waals surface area contributed by atoms with E-state index in [1.165, 1.54) is 4.90 Å². The fourth-order valence-electron chi connectivity index (χ4n) is 4.37. The Kier molecular flexibility index (Phi) is 8.91. The van der Waals surface area contributed by atoms with Crippen molar-refractivity contribution in [3.8, 4) is 0 Å². The summed E-state index contributed by atoms with van der Waals surface area (Å²) in [6, 6.07) is 0. The van der Waals surface area contributed by atoms with Crippen LogP contribution in [0.3, 0.4) is 0 Å². The minimum absolute atomic E-state index is 0. The van der Waals surface area contributed by atoms with Crippen LogP contribution in [0.15, 0.2) is 17.1 Å². The van der Waals surface area contributed by atoms with E-state index in [0.717, 1.165) is 37.6 Å². The number of hydrogen-bond donors (Lipinski definition) is 2. The Balaban J connectivity index is 0.00000261. The minimum atomic E-state index is -0.0866. The molecule has 3 aliphatic rings. The fraction of sp³-hybridized carbons (Fsp3) is 0.737. The van der Waals surface area contributed by atoms with E-state index in [1.54, 1.807) is 0 Å². The molecule has 27 heavy (non-hydrogen) atoms. The molecule has 4 unspecified atom stereocenters. The number of guanidine groups is 1. The molecule has 0 radical (unpaired) electrons. The summed E-state index contributed by atoms with van der Waals surface area (Å²) in [6.45, 7) is 4.85. The lowest BCUT2D eigenvalue weighted by Gasteiger charge is -2.17. The lowest BCUT2D eigenvalue weighted by Crippen LogP contribution is -2.38. The van der Waals surface area contributed by atoms with Gasteiger partial charge in [0.1, 0.15) is 0 Å². The standard InChI is InChI=1S/C19H30N4O2S.HI/c1-3-20-19(22-9-5-11-26-2)21-8-4-10-23-17(24)15-13-6-7-14(12-13)16(15)18(23)25;/h6-7,13-16H,3-5,8-12H2,1-2H3,(H2,20,21,22);1H. The van der Waals surface area contributed by atoms with E-state index >= 15 is 0 Å². The number of fused-ring (bicyclic) bond motifs is 5. The normalized spacial score (nSPS) is 28.5. The molecule has 3 rings (SSSR count). The lowest BCUT2D eigenvalue weighted by molar-refractivity contribution is -0.140. The van der Waals surface area contributed by atoms with Gasteiger partial charge in [0.25, 0.3) is 0 Å². The van der Waals surface area contributed by atoms with Gasteiger partial charge in [-0.2, -0.15) is 11.8 Å². The third-order valence-corrected chi connectivity index (χ3v) is 6.23. The van der Waals surface area contributed by atoms with Crippen LogP contribution in [0.25, 0.3) is 0 Å². The number of nitrogens with zero attached hydrogens (tertiary/aromatic N) is 2. The first kappa shape index (κ1) is 22.5. The number of thioether (sulfide) groups is 1. The van der Waals surface area contributed by atoms with Crippen LogP contribution in [0.4, 0.5) is 0 Å². The number of rotatable bonds is 9. The van der Waals surface area contributed by atoms with Gasteiger partial charge in [-0.05, 0) is 50.0 Å². The average Bonchev–Trinajstić information content (AvgIpc) is 3.31. The Hall–Kier alpha value is -0.770. The molecule has 2 aliphatic carbocycles. The molecule has 6 nitrogen and oxygen atoms in total. The van der Waals surface area contributed by atoms with Crippen molar-refractivity contribution in [2.75, 3.05) is 38.2 Å². The van der Waals surface area contributed by atoms with Gasteiger partial charge in [-0.1, -0.05) is 12.2 Å². The monoisotopic (exact) mass is 506 g/mol. The van der Waals surface area contributed by atoms with E-state index < -0.39 is 0 Å². The lowest BCUT2D eigenvalue weighted by atomic mass is 9.85. The first-order chi connectivity index (χ1) is 12.7. The highest BCUT2D eigenvalue weighted by Crippen LogP contribution is 2.52. The minimum Gasteiger partial charge on any atom is -0.357 e. The van der Waals surface area contributed by atoms with Crippen LogP contribution in [0.1, 0.15) is 26.2 Å². The molecule has 1 aliphatic heterocycles. The number of aliphatic imine (C=N–C) groups is 1. The van der Waals surface area contributed by atoms with Gasteiger partial charge in [0.15, 0.2) is 5.96 Å². The number of likely N-dealkylation sites (tertiary alicyclic amines) is 1. The summed E-state index contributed by atoms with van der Waals surface area (Å²) in [5, 5.41) is 6.56. The van der Waals surface area contributed by atoms with E-state index in [1.807, 2.05) is 18.7 Å². The molecule has 0 aromatic heterocycles. The maximum Gasteiger partial charge on any atom is 0.233 e. The molecule has 0 aromatic rings. The summed E-state index contributed by atoms with van der Waals surface area (Å²) in [5.74, 6) is 2.43. The van der Waals surface area contributed by atoms with Gasteiger partial charge in [0, 0.05) is 26.2 Å². The van der Waals surface area contributed by atoms with Gasteiger partial charge in [0.05, 0.1) is 11.8 Å². The van der Waals surface area contributed by atoms with E-state index in [-0.39, 0.29) is 59.5 Å². The van der Waals surface area contributed by atoms with Crippen molar-refractivity contribution in [1.29, 1.82) is 0 Å². The Morgan fingerprint density at radius 2 is 1.85 bits per heavy atom. The predicted molar refractivity (Wildman–Crippen MR) is 121 cm³/mol. The first-order valence-corrected chi connectivity index (χ1v) is 11.1. The Labute approximate surface area is 183 Å². The first-order valence-electron chi connectivity index (χ1n) is 9.72. The maximum absolute atomic E-state index is 12.6. The molecular formula is C19H31IN4O2S. The van der Waals surface area contributed by atoms with Gasteiger partial charge >= 0.3 is 0 Å². The van der Waals surface area contributed by atoms with Crippen LogP contribution in [0.5, 0.6) is 0 Å². The average molecular weight is 506 g/mol. The summed E-state index contributed by atoms with van der Waals surface area (Å²) < 4.78 is 0. The highest BCUT2D eigenvalue weighted by atomic mass is 127. The van der Waals surface area contributed by atoms with Crippen LogP contribution < -0.4 is 10.6 Å². The van der Waals surface area contributed by atoms with E-state index in [0.29, 0.717) is 19.5 Å². The smallest absolute Gasteiger partial charge is 0.233 e. The predicted octanol–water partition coefficient (Wildman–Crippen LogP) is 2.11. The van der Waals surface area contributed by atoms with Crippen molar-refractivity contribution in [2.45, 2.75) is 26.2 Å². The molecule has 0 spiro atoms. The van der Waals surface area contributed by atoms with Crippen LogP contribution in [0, 0.1) is 23.7 Å². The number of halogens is 1. The second-order valence-electron chi connectivity index (χ2n) is 7.22. The van der Waals surface area contributed by atoms with Crippen molar-refractivity contribution in [3.05, 3.63) is 12.2 Å².